The third-order valence-corrected chi connectivity index (χ3v) is 3.01. The van der Waals surface area contributed by atoms with Gasteiger partial charge in [-0.15, -0.1) is 0 Å². The van der Waals surface area contributed by atoms with Crippen molar-refractivity contribution in [3.63, 3.8) is 0 Å². The van der Waals surface area contributed by atoms with E-state index in [9.17, 15) is 0 Å². The van der Waals surface area contributed by atoms with Gasteiger partial charge < -0.3 is 0 Å². The van der Waals surface area contributed by atoms with E-state index < -0.39 is 0 Å². The molecule has 0 radical (unpaired) electrons. The molecule has 66 valence electrons. The molecule has 11 heavy (non-hydrogen) atoms. The van der Waals surface area contributed by atoms with Crippen LogP contribution >= 0.6 is 12.2 Å². The molecule has 0 saturated carbocycles. The van der Waals surface area contributed by atoms with E-state index in [0.29, 0.717) is 5.92 Å². The molecule has 0 amide bonds. The molecule has 0 rings (SSSR count). The molecule has 0 spiro atoms. The van der Waals surface area contributed by atoms with Crippen LogP contribution in [0.25, 0.3) is 0 Å². The van der Waals surface area contributed by atoms with Gasteiger partial charge in [0.25, 0.3) is 0 Å². The van der Waals surface area contributed by atoms with Gasteiger partial charge in [-0.25, -0.2) is 0 Å². The van der Waals surface area contributed by atoms with E-state index in [4.69, 9.17) is 12.2 Å². The molecule has 0 aromatic heterocycles. The van der Waals surface area contributed by atoms with Crippen LogP contribution < -0.4 is 0 Å². The second-order valence-corrected chi connectivity index (χ2v) is 4.71. The number of thiocarbonyl (C=S) groups is 1. The number of rotatable bonds is 4. The summed E-state index contributed by atoms with van der Waals surface area (Å²) in [7, 11) is 0. The zero-order chi connectivity index (χ0) is 9.07. The molecule has 0 saturated heterocycles. The SMILES string of the molecule is CC(C)CC(C)C(C)(C)C=S. The fourth-order valence-corrected chi connectivity index (χ4v) is 1.36. The highest BCUT2D eigenvalue weighted by atomic mass is 32.1. The van der Waals surface area contributed by atoms with E-state index >= 15 is 0 Å². The average Bonchev–Trinajstić information content (AvgIpc) is 1.86. The summed E-state index contributed by atoms with van der Waals surface area (Å²) in [6, 6.07) is 0. The average molecular weight is 172 g/mol. The third kappa shape index (κ3) is 3.85. The molecule has 1 heteroatoms. The molecule has 1 unspecified atom stereocenters. The van der Waals surface area contributed by atoms with Gasteiger partial charge in [0, 0.05) is 0 Å². The quantitative estimate of drug-likeness (QED) is 0.583. The van der Waals surface area contributed by atoms with Crippen molar-refractivity contribution in [2.45, 2.75) is 41.0 Å². The van der Waals surface area contributed by atoms with Crippen LogP contribution in [0.3, 0.4) is 0 Å². The Kier molecular flexibility index (Phi) is 4.23. The van der Waals surface area contributed by atoms with E-state index in [2.05, 4.69) is 34.6 Å². The first kappa shape index (κ1) is 11.1. The van der Waals surface area contributed by atoms with E-state index in [1.54, 1.807) is 0 Å². The zero-order valence-electron chi connectivity index (χ0n) is 8.35. The molecule has 0 nitrogen and oxygen atoms in total. The van der Waals surface area contributed by atoms with Crippen LogP contribution in [0, 0.1) is 17.3 Å². The molecule has 0 aliphatic heterocycles. The number of hydrogen-bond acceptors (Lipinski definition) is 1. The minimum atomic E-state index is 0.222. The van der Waals surface area contributed by atoms with E-state index in [1.807, 2.05) is 5.37 Å². The molecule has 0 N–H and O–H groups in total. The first-order valence-corrected chi connectivity index (χ1v) is 4.83. The zero-order valence-corrected chi connectivity index (χ0v) is 9.16. The Morgan fingerprint density at radius 1 is 1.27 bits per heavy atom. The fraction of sp³-hybridized carbons (Fsp3) is 0.900. The topological polar surface area (TPSA) is 0 Å². The van der Waals surface area contributed by atoms with Gasteiger partial charge in [-0.3, -0.25) is 0 Å². The Morgan fingerprint density at radius 3 is 2.00 bits per heavy atom. The summed E-state index contributed by atoms with van der Waals surface area (Å²) in [5, 5.41) is 1.90. The highest BCUT2D eigenvalue weighted by molar-refractivity contribution is 7.79. The van der Waals surface area contributed by atoms with Gasteiger partial charge in [0.05, 0.1) is 0 Å². The molecule has 0 aromatic rings. The summed E-state index contributed by atoms with van der Waals surface area (Å²) in [6.45, 7) is 11.2. The lowest BCUT2D eigenvalue weighted by molar-refractivity contribution is 0.292. The standard InChI is InChI=1S/C10H20S/c1-8(2)6-9(3)10(4,5)7-11/h7-9H,6H2,1-5H3. The summed E-state index contributed by atoms with van der Waals surface area (Å²) < 4.78 is 0. The predicted octanol–water partition coefficient (Wildman–Crippen LogP) is 3.69. The highest BCUT2D eigenvalue weighted by Crippen LogP contribution is 2.29. The minimum absolute atomic E-state index is 0.222. The summed E-state index contributed by atoms with van der Waals surface area (Å²) in [6.07, 6.45) is 1.26. The van der Waals surface area contributed by atoms with Crippen molar-refractivity contribution in [1.82, 2.24) is 0 Å². The van der Waals surface area contributed by atoms with Gasteiger partial charge in [-0.2, -0.15) is 0 Å². The summed E-state index contributed by atoms with van der Waals surface area (Å²) >= 11 is 4.99. The lowest BCUT2D eigenvalue weighted by atomic mass is 9.77. The van der Waals surface area contributed by atoms with Crippen LogP contribution in [0.2, 0.25) is 0 Å². The second-order valence-electron chi connectivity index (χ2n) is 4.47. The Bertz CT molecular complexity index is 125. The van der Waals surface area contributed by atoms with Crippen LogP contribution in [0.1, 0.15) is 41.0 Å². The highest BCUT2D eigenvalue weighted by Gasteiger charge is 2.23. The van der Waals surface area contributed by atoms with Crippen LogP contribution in [-0.4, -0.2) is 5.37 Å². The van der Waals surface area contributed by atoms with E-state index in [1.165, 1.54) is 6.42 Å². The van der Waals surface area contributed by atoms with Crippen molar-refractivity contribution in [3.8, 4) is 0 Å². The summed E-state index contributed by atoms with van der Waals surface area (Å²) in [5.41, 5.74) is 0.222. The van der Waals surface area contributed by atoms with Crippen molar-refractivity contribution in [2.24, 2.45) is 17.3 Å². The Labute approximate surface area is 76.4 Å². The summed E-state index contributed by atoms with van der Waals surface area (Å²) in [4.78, 5) is 0. The van der Waals surface area contributed by atoms with Crippen molar-refractivity contribution < 1.29 is 0 Å². The van der Waals surface area contributed by atoms with Crippen LogP contribution in [0.4, 0.5) is 0 Å². The Hall–Kier alpha value is 0.0900. The fourth-order valence-electron chi connectivity index (χ4n) is 1.13. The van der Waals surface area contributed by atoms with Gasteiger partial charge in [-0.05, 0) is 29.0 Å². The normalized spacial score (nSPS) is 15.1. The lowest BCUT2D eigenvalue weighted by Crippen LogP contribution is -2.23. The van der Waals surface area contributed by atoms with Crippen LogP contribution in [-0.2, 0) is 0 Å². The van der Waals surface area contributed by atoms with Crippen molar-refractivity contribution >= 4 is 17.6 Å². The van der Waals surface area contributed by atoms with Gasteiger partial charge in [0.15, 0.2) is 0 Å². The van der Waals surface area contributed by atoms with E-state index in [-0.39, 0.29) is 5.41 Å². The molecule has 0 fully saturated rings. The lowest BCUT2D eigenvalue weighted by Gasteiger charge is -2.28. The van der Waals surface area contributed by atoms with Gasteiger partial charge in [0.2, 0.25) is 0 Å². The first-order valence-electron chi connectivity index (χ1n) is 4.36. The third-order valence-electron chi connectivity index (χ3n) is 2.40. The van der Waals surface area contributed by atoms with Crippen molar-refractivity contribution in [3.05, 3.63) is 0 Å². The van der Waals surface area contributed by atoms with Crippen LogP contribution in [0.15, 0.2) is 0 Å². The molecule has 1 atom stereocenters. The molecule has 0 bridgehead atoms. The minimum Gasteiger partial charge on any atom is -0.0929 e. The predicted molar refractivity (Wildman–Crippen MR) is 56.1 cm³/mol. The molecule has 0 aliphatic rings. The van der Waals surface area contributed by atoms with Gasteiger partial charge >= 0.3 is 0 Å². The molecular formula is C10H20S. The molecule has 0 aromatic carbocycles. The molecular weight excluding hydrogens is 152 g/mol. The monoisotopic (exact) mass is 172 g/mol. The Morgan fingerprint density at radius 2 is 1.73 bits per heavy atom. The maximum Gasteiger partial charge on any atom is -0.00445 e. The smallest absolute Gasteiger partial charge is 0.00445 e. The maximum absolute atomic E-state index is 4.99. The second kappa shape index (κ2) is 4.20. The van der Waals surface area contributed by atoms with Gasteiger partial charge in [0.1, 0.15) is 0 Å². The van der Waals surface area contributed by atoms with Gasteiger partial charge in [-0.1, -0.05) is 46.8 Å². The molecule has 0 heterocycles. The number of hydrogen-bond donors (Lipinski definition) is 0. The largest absolute Gasteiger partial charge is 0.0929 e. The maximum atomic E-state index is 4.99. The van der Waals surface area contributed by atoms with E-state index in [0.717, 1.165) is 5.92 Å². The first-order chi connectivity index (χ1) is 4.90. The summed E-state index contributed by atoms with van der Waals surface area (Å²) in [5.74, 6) is 1.47. The Balaban J connectivity index is 4.01. The van der Waals surface area contributed by atoms with Crippen LogP contribution in [0.5, 0.6) is 0 Å². The molecule has 0 aliphatic carbocycles. The van der Waals surface area contributed by atoms with Crippen molar-refractivity contribution in [2.75, 3.05) is 0 Å². The van der Waals surface area contributed by atoms with Crippen molar-refractivity contribution in [1.29, 1.82) is 0 Å².